The Bertz CT molecular complexity index is 1820. The summed E-state index contributed by atoms with van der Waals surface area (Å²) in [5.74, 6) is -0.807. The molecule has 570 valence electrons. The van der Waals surface area contributed by atoms with Crippen LogP contribution in [0.1, 0.15) is 431 Å². The fourth-order valence-corrected chi connectivity index (χ4v) is 13.6. The van der Waals surface area contributed by atoms with Crippen LogP contribution in [0.25, 0.3) is 0 Å². The van der Waals surface area contributed by atoms with Gasteiger partial charge < -0.3 is 27.9 Å². The Morgan fingerprint density at radius 3 is 0.876 bits per heavy atom. The molecule has 2 unspecified atom stereocenters. The summed E-state index contributed by atoms with van der Waals surface area (Å²) < 4.78 is 34.5. The topological polar surface area (TPSA) is 111 Å². The largest absolute Gasteiger partial charge is 0.756 e. The zero-order chi connectivity index (χ0) is 70.4. The highest BCUT2D eigenvalue weighted by atomic mass is 31.2. The van der Waals surface area contributed by atoms with Gasteiger partial charge in [0.25, 0.3) is 7.82 Å². The second-order valence-electron chi connectivity index (χ2n) is 30.2. The molecule has 0 rings (SSSR count). The number of nitrogens with zero attached hydrogens (tertiary/aromatic N) is 1. The van der Waals surface area contributed by atoms with Gasteiger partial charge in [-0.15, -0.1) is 0 Å². The molecule has 0 aliphatic heterocycles. The summed E-state index contributed by atoms with van der Waals surface area (Å²) in [6.45, 7) is 4.21. The van der Waals surface area contributed by atoms with E-state index in [2.05, 4.69) is 74.6 Å². The first-order chi connectivity index (χ1) is 47.5. The van der Waals surface area contributed by atoms with Gasteiger partial charge in [-0.05, 0) is 57.8 Å². The van der Waals surface area contributed by atoms with Gasteiger partial charge in [0, 0.05) is 12.8 Å². The third-order valence-electron chi connectivity index (χ3n) is 19.3. The number of hydrogen-bond donors (Lipinski definition) is 0. The molecule has 0 aromatic rings. The van der Waals surface area contributed by atoms with Gasteiger partial charge in [-0.25, -0.2) is 0 Å². The normalized spacial score (nSPS) is 13.3. The van der Waals surface area contributed by atoms with E-state index in [1.807, 2.05) is 21.1 Å². The van der Waals surface area contributed by atoms with E-state index in [0.29, 0.717) is 17.4 Å². The van der Waals surface area contributed by atoms with Crippen LogP contribution in [-0.2, 0) is 32.7 Å². The van der Waals surface area contributed by atoms with E-state index in [9.17, 15) is 19.0 Å². The van der Waals surface area contributed by atoms with Crippen LogP contribution in [-0.4, -0.2) is 70.0 Å². The lowest BCUT2D eigenvalue weighted by atomic mass is 10.0. The highest BCUT2D eigenvalue weighted by Gasteiger charge is 2.22. The number of phosphoric ester groups is 1. The van der Waals surface area contributed by atoms with Crippen molar-refractivity contribution in [3.05, 3.63) is 60.8 Å². The van der Waals surface area contributed by atoms with Crippen molar-refractivity contribution < 1.29 is 42.1 Å². The molecule has 0 bridgehead atoms. The summed E-state index contributed by atoms with van der Waals surface area (Å²) in [7, 11) is 1.19. The number of carbonyl (C=O) groups excluding carboxylic acids is 2. The number of unbranched alkanes of at least 4 members (excludes halogenated alkanes) is 56. The third kappa shape index (κ3) is 82.6. The molecule has 0 aliphatic carbocycles. The number of rotatable bonds is 80. The molecule has 2 atom stereocenters. The zero-order valence-corrected chi connectivity index (χ0v) is 66.2. The number of hydrogen-bond acceptors (Lipinski definition) is 8. The maximum absolute atomic E-state index is 12.9. The predicted octanol–water partition coefficient (Wildman–Crippen LogP) is 27.8. The van der Waals surface area contributed by atoms with Crippen LogP contribution in [0.4, 0.5) is 0 Å². The van der Waals surface area contributed by atoms with E-state index < -0.39 is 26.5 Å². The van der Waals surface area contributed by atoms with E-state index in [-0.39, 0.29) is 32.0 Å². The van der Waals surface area contributed by atoms with Gasteiger partial charge in [-0.2, -0.15) is 0 Å². The lowest BCUT2D eigenvalue weighted by molar-refractivity contribution is -0.870. The van der Waals surface area contributed by atoms with Crippen LogP contribution in [0.15, 0.2) is 60.8 Å². The van der Waals surface area contributed by atoms with Gasteiger partial charge >= 0.3 is 11.9 Å². The minimum Gasteiger partial charge on any atom is -0.756 e. The highest BCUT2D eigenvalue weighted by Crippen LogP contribution is 2.38. The summed E-state index contributed by atoms with van der Waals surface area (Å²) in [5.41, 5.74) is 0. The van der Waals surface area contributed by atoms with E-state index in [1.165, 1.54) is 334 Å². The maximum Gasteiger partial charge on any atom is 0.306 e. The molecule has 0 fully saturated rings. The molecule has 0 heterocycles. The van der Waals surface area contributed by atoms with Crippen molar-refractivity contribution >= 4 is 19.8 Å². The van der Waals surface area contributed by atoms with Crippen LogP contribution >= 0.6 is 7.82 Å². The fourth-order valence-electron chi connectivity index (χ4n) is 12.9. The molecule has 0 aromatic heterocycles. The van der Waals surface area contributed by atoms with Crippen molar-refractivity contribution in [2.45, 2.75) is 437 Å². The van der Waals surface area contributed by atoms with Crippen molar-refractivity contribution in [1.29, 1.82) is 0 Å². The van der Waals surface area contributed by atoms with Crippen LogP contribution in [0, 0.1) is 0 Å². The van der Waals surface area contributed by atoms with Crippen LogP contribution < -0.4 is 4.89 Å². The number of quaternary nitrogens is 1. The van der Waals surface area contributed by atoms with Gasteiger partial charge in [0.15, 0.2) is 6.10 Å². The third-order valence-corrected chi connectivity index (χ3v) is 20.3. The molecule has 97 heavy (non-hydrogen) atoms. The molecule has 0 aliphatic rings. The van der Waals surface area contributed by atoms with E-state index in [0.717, 1.165) is 64.2 Å². The molecule has 9 nitrogen and oxygen atoms in total. The highest BCUT2D eigenvalue weighted by molar-refractivity contribution is 7.45. The zero-order valence-electron chi connectivity index (χ0n) is 65.3. The maximum atomic E-state index is 12.9. The SMILES string of the molecule is CC/C=C\C/C=C\C/C=C\C/C=C\C/C=C\CCCCCCCCCCCCCCCCCCCCCCCC(=O)OC(COC(=O)CCCCCCCCCCCCCCCCCCCCCCCCCCCCCCCCCCCCCC)COP(=O)([O-])OCC[N+](C)(C)C. The number of esters is 2. The molecule has 10 heteroatoms. The van der Waals surface area contributed by atoms with Crippen molar-refractivity contribution in [2.24, 2.45) is 0 Å². The van der Waals surface area contributed by atoms with Gasteiger partial charge in [0.2, 0.25) is 0 Å². The average Bonchev–Trinajstić information content (AvgIpc) is 1.41. The quantitative estimate of drug-likeness (QED) is 0.0195. The van der Waals surface area contributed by atoms with Crippen LogP contribution in [0.2, 0.25) is 0 Å². The Labute approximate surface area is 604 Å². The number of carbonyl (C=O) groups is 2. The smallest absolute Gasteiger partial charge is 0.306 e. The van der Waals surface area contributed by atoms with Crippen molar-refractivity contribution in [1.82, 2.24) is 0 Å². The standard InChI is InChI=1S/C87H164NO8P/c1-6-8-10-12-14-16-18-20-22-24-26-28-30-32-34-36-38-40-42-44-46-48-50-52-54-56-58-60-62-64-66-68-70-72-74-76-78-80-87(90)96-85(84-95-97(91,92)94-82-81-88(3,4)5)83-93-86(89)79-77-75-73-71-69-67-65-63-61-59-57-55-53-51-49-47-45-43-41-39-37-35-33-31-29-27-25-23-21-19-17-15-13-11-9-7-2/h8,10,14,16,20,22,26,28,32,34,85H,6-7,9,11-13,15,17-19,21,23-25,27,29-31,33,35-84H2,1-5H3/b10-8-,16-14-,22-20-,28-26-,34-32-. The lowest BCUT2D eigenvalue weighted by Crippen LogP contribution is -2.37. The Hall–Kier alpha value is -2.29. The minimum absolute atomic E-state index is 0.0280. The first-order valence-corrected chi connectivity index (χ1v) is 44.0. The monoisotopic (exact) mass is 1380 g/mol. The van der Waals surface area contributed by atoms with Crippen LogP contribution in [0.3, 0.4) is 0 Å². The molecular formula is C87H164NO8P. The molecule has 0 spiro atoms. The predicted molar refractivity (Wildman–Crippen MR) is 420 cm³/mol. The van der Waals surface area contributed by atoms with E-state index in [1.54, 1.807) is 0 Å². The Balaban J connectivity index is 3.88. The second kappa shape index (κ2) is 77.9. The first-order valence-electron chi connectivity index (χ1n) is 42.5. The van der Waals surface area contributed by atoms with Gasteiger partial charge in [0.05, 0.1) is 27.7 Å². The Morgan fingerprint density at radius 2 is 0.588 bits per heavy atom. The summed E-state index contributed by atoms with van der Waals surface area (Å²) in [5, 5.41) is 0. The number of allylic oxidation sites excluding steroid dienone is 10. The van der Waals surface area contributed by atoms with Crippen LogP contribution in [0.5, 0.6) is 0 Å². The number of likely N-dealkylation sites (N-methyl/N-ethyl adjacent to an activating group) is 1. The molecule has 0 saturated carbocycles. The second-order valence-corrected chi connectivity index (χ2v) is 31.6. The van der Waals surface area contributed by atoms with Crippen molar-refractivity contribution in [3.63, 3.8) is 0 Å². The average molecular weight is 1380 g/mol. The van der Waals surface area contributed by atoms with Crippen molar-refractivity contribution in [3.8, 4) is 0 Å². The summed E-state index contributed by atoms with van der Waals surface area (Å²) in [6, 6.07) is 0. The van der Waals surface area contributed by atoms with E-state index >= 15 is 0 Å². The van der Waals surface area contributed by atoms with Gasteiger partial charge in [0.1, 0.15) is 19.8 Å². The van der Waals surface area contributed by atoms with Gasteiger partial charge in [-0.3, -0.25) is 14.2 Å². The fraction of sp³-hybridized carbons (Fsp3) is 0.862. The summed E-state index contributed by atoms with van der Waals surface area (Å²) in [4.78, 5) is 38.2. The van der Waals surface area contributed by atoms with E-state index in [4.69, 9.17) is 18.5 Å². The number of ether oxygens (including phenoxy) is 2. The molecule has 0 amide bonds. The molecular weight excluding hydrogens is 1220 g/mol. The summed E-state index contributed by atoms with van der Waals surface area (Å²) >= 11 is 0. The Morgan fingerprint density at radius 1 is 0.330 bits per heavy atom. The molecule has 0 radical (unpaired) electrons. The molecule has 0 aromatic carbocycles. The summed E-state index contributed by atoms with van der Waals surface area (Å²) in [6.07, 6.45) is 105. The first kappa shape index (κ1) is 94.7. The van der Waals surface area contributed by atoms with Crippen molar-refractivity contribution in [2.75, 3.05) is 47.5 Å². The lowest BCUT2D eigenvalue weighted by Gasteiger charge is -2.28. The number of phosphoric acid groups is 1. The van der Waals surface area contributed by atoms with Gasteiger partial charge in [-0.1, -0.05) is 421 Å². The molecule has 0 saturated heterocycles. The Kier molecular flexibility index (Phi) is 76.0. The minimum atomic E-state index is -4.64. The molecule has 0 N–H and O–H groups in total.